The van der Waals surface area contributed by atoms with Gasteiger partial charge in [-0.3, -0.25) is 0 Å². The highest BCUT2D eigenvalue weighted by molar-refractivity contribution is 5.57. The highest BCUT2D eigenvalue weighted by atomic mass is 16.5. The van der Waals surface area contributed by atoms with Crippen molar-refractivity contribution in [1.82, 2.24) is 5.06 Å². The van der Waals surface area contributed by atoms with Crippen LogP contribution in [-0.2, 0) is 4.79 Å². The smallest absolute Gasteiger partial charge is 0.139 e. The summed E-state index contributed by atoms with van der Waals surface area (Å²) in [5.74, 6) is 0. The molecule has 0 aromatic carbocycles. The van der Waals surface area contributed by atoms with Gasteiger partial charge in [0.25, 0.3) is 0 Å². The largest absolute Gasteiger partial charge is 0.313 e. The molecule has 1 aliphatic heterocycles. The molecule has 1 aliphatic rings. The maximum Gasteiger partial charge on any atom is 0.139 e. The monoisotopic (exact) mass is 115 g/mol. The van der Waals surface area contributed by atoms with Gasteiger partial charge >= 0.3 is 0 Å². The van der Waals surface area contributed by atoms with E-state index in [1.165, 1.54) is 0 Å². The number of carbonyl (C=O) groups is 1. The summed E-state index contributed by atoms with van der Waals surface area (Å²) in [7, 11) is 0. The van der Waals surface area contributed by atoms with Crippen molar-refractivity contribution >= 4 is 6.29 Å². The van der Waals surface area contributed by atoms with Gasteiger partial charge in [0.1, 0.15) is 6.29 Å². The van der Waals surface area contributed by atoms with E-state index >= 15 is 0 Å². The van der Waals surface area contributed by atoms with E-state index in [1.54, 1.807) is 0 Å². The van der Waals surface area contributed by atoms with E-state index in [2.05, 4.69) is 0 Å². The molecular formula is C5H9NO2. The average molecular weight is 115 g/mol. The van der Waals surface area contributed by atoms with Gasteiger partial charge < -0.3 is 10.0 Å². The fourth-order valence-corrected chi connectivity index (χ4v) is 0.916. The lowest BCUT2D eigenvalue weighted by Gasteiger charge is -2.08. The number of carbonyl (C=O) groups excluding carboxylic acids is 1. The van der Waals surface area contributed by atoms with E-state index in [1.807, 2.05) is 0 Å². The molecule has 0 amide bonds. The highest BCUT2D eigenvalue weighted by Crippen LogP contribution is 2.11. The molecule has 3 nitrogen and oxygen atoms in total. The summed E-state index contributed by atoms with van der Waals surface area (Å²) in [6.45, 7) is 0.642. The van der Waals surface area contributed by atoms with Crippen LogP contribution in [0.25, 0.3) is 0 Å². The minimum Gasteiger partial charge on any atom is -0.313 e. The Labute approximate surface area is 47.9 Å². The van der Waals surface area contributed by atoms with Crippen LogP contribution in [0.15, 0.2) is 0 Å². The summed E-state index contributed by atoms with van der Waals surface area (Å²) >= 11 is 0. The quantitative estimate of drug-likeness (QED) is 0.490. The molecule has 1 atom stereocenters. The van der Waals surface area contributed by atoms with Crippen molar-refractivity contribution < 1.29 is 10.0 Å². The van der Waals surface area contributed by atoms with Gasteiger partial charge in [-0.1, -0.05) is 0 Å². The standard InChI is InChI=1S/C5H9NO2/c7-4-5-2-1-3-6(5)8/h4-5,8H,1-3H2/t5-/m0/s1. The number of hydroxylamine groups is 2. The van der Waals surface area contributed by atoms with Gasteiger partial charge in [-0.15, -0.1) is 0 Å². The molecule has 3 heteroatoms. The first-order chi connectivity index (χ1) is 3.84. The number of rotatable bonds is 1. The number of hydrogen-bond acceptors (Lipinski definition) is 3. The Morgan fingerprint density at radius 1 is 1.75 bits per heavy atom. The molecule has 1 heterocycles. The van der Waals surface area contributed by atoms with Gasteiger partial charge in [-0.05, 0) is 12.8 Å². The highest BCUT2D eigenvalue weighted by Gasteiger charge is 2.21. The summed E-state index contributed by atoms with van der Waals surface area (Å²) in [6, 6.07) is -0.227. The van der Waals surface area contributed by atoms with Gasteiger partial charge in [0.15, 0.2) is 0 Å². The van der Waals surface area contributed by atoms with E-state index in [-0.39, 0.29) is 6.04 Å². The molecule has 0 bridgehead atoms. The van der Waals surface area contributed by atoms with Crippen molar-refractivity contribution in [2.45, 2.75) is 18.9 Å². The first-order valence-corrected chi connectivity index (χ1v) is 2.75. The first-order valence-electron chi connectivity index (χ1n) is 2.75. The molecule has 1 fully saturated rings. The minimum atomic E-state index is -0.227. The van der Waals surface area contributed by atoms with Crippen molar-refractivity contribution in [2.75, 3.05) is 6.54 Å². The molecule has 0 radical (unpaired) electrons. The summed E-state index contributed by atoms with van der Waals surface area (Å²) in [5.41, 5.74) is 0. The molecule has 1 N–H and O–H groups in total. The molecule has 0 aromatic rings. The van der Waals surface area contributed by atoms with Crippen molar-refractivity contribution in [3.05, 3.63) is 0 Å². The van der Waals surface area contributed by atoms with Crippen molar-refractivity contribution in [3.63, 3.8) is 0 Å². The van der Waals surface area contributed by atoms with E-state index in [4.69, 9.17) is 5.21 Å². The predicted molar refractivity (Wildman–Crippen MR) is 27.6 cm³/mol. The van der Waals surface area contributed by atoms with Gasteiger partial charge in [-0.25, -0.2) is 0 Å². The Morgan fingerprint density at radius 3 is 2.75 bits per heavy atom. The summed E-state index contributed by atoms with van der Waals surface area (Å²) < 4.78 is 0. The molecule has 46 valence electrons. The van der Waals surface area contributed by atoms with Crippen molar-refractivity contribution in [2.24, 2.45) is 0 Å². The third-order valence-electron chi connectivity index (χ3n) is 1.43. The van der Waals surface area contributed by atoms with Crippen LogP contribution in [0.1, 0.15) is 12.8 Å². The zero-order valence-electron chi connectivity index (χ0n) is 4.58. The van der Waals surface area contributed by atoms with Crippen molar-refractivity contribution in [3.8, 4) is 0 Å². The molecule has 8 heavy (non-hydrogen) atoms. The molecule has 1 saturated heterocycles. The van der Waals surface area contributed by atoms with Crippen LogP contribution in [0, 0.1) is 0 Å². The summed E-state index contributed by atoms with van der Waals surface area (Å²) in [6.07, 6.45) is 2.52. The average Bonchev–Trinajstić information content (AvgIpc) is 2.14. The van der Waals surface area contributed by atoms with Crippen LogP contribution in [0.4, 0.5) is 0 Å². The lowest BCUT2D eigenvalue weighted by molar-refractivity contribution is -0.132. The number of hydrogen-bond donors (Lipinski definition) is 1. The SMILES string of the molecule is O=C[C@@H]1CCCN1O. The Bertz CT molecular complexity index is 94.4. The molecular weight excluding hydrogens is 106 g/mol. The topological polar surface area (TPSA) is 40.5 Å². The Kier molecular flexibility index (Phi) is 1.60. The van der Waals surface area contributed by atoms with Crippen molar-refractivity contribution in [1.29, 1.82) is 0 Å². The van der Waals surface area contributed by atoms with Gasteiger partial charge in [0, 0.05) is 6.54 Å². The van der Waals surface area contributed by atoms with Crippen LogP contribution < -0.4 is 0 Å². The second-order valence-corrected chi connectivity index (χ2v) is 2.01. The zero-order valence-corrected chi connectivity index (χ0v) is 4.58. The fourth-order valence-electron chi connectivity index (χ4n) is 0.916. The lowest BCUT2D eigenvalue weighted by Crippen LogP contribution is -2.26. The maximum absolute atomic E-state index is 10.0. The molecule has 0 saturated carbocycles. The van der Waals surface area contributed by atoms with Crippen LogP contribution >= 0.6 is 0 Å². The molecule has 0 spiro atoms. The zero-order chi connectivity index (χ0) is 5.98. The second-order valence-electron chi connectivity index (χ2n) is 2.01. The van der Waals surface area contributed by atoms with E-state index in [0.717, 1.165) is 24.2 Å². The maximum atomic E-state index is 10.0. The predicted octanol–water partition coefficient (Wildman–Crippen LogP) is 0.0389. The van der Waals surface area contributed by atoms with Gasteiger partial charge in [0.2, 0.25) is 0 Å². The molecule has 1 rings (SSSR count). The minimum absolute atomic E-state index is 0.227. The first kappa shape index (κ1) is 5.72. The fraction of sp³-hybridized carbons (Fsp3) is 0.800. The van der Waals surface area contributed by atoms with E-state index < -0.39 is 0 Å². The molecule has 0 aromatic heterocycles. The van der Waals surface area contributed by atoms with E-state index in [9.17, 15) is 4.79 Å². The third-order valence-corrected chi connectivity index (χ3v) is 1.43. The van der Waals surface area contributed by atoms with E-state index in [0.29, 0.717) is 6.54 Å². The number of nitrogens with zero attached hydrogens (tertiary/aromatic N) is 1. The van der Waals surface area contributed by atoms with Crippen LogP contribution in [0.3, 0.4) is 0 Å². The molecule has 0 aliphatic carbocycles. The number of aldehydes is 1. The third kappa shape index (κ3) is 0.877. The van der Waals surface area contributed by atoms with Gasteiger partial charge in [0.05, 0.1) is 6.04 Å². The molecule has 0 unspecified atom stereocenters. The normalized spacial score (nSPS) is 30.9. The Morgan fingerprint density at radius 2 is 2.50 bits per heavy atom. The summed E-state index contributed by atoms with van der Waals surface area (Å²) in [4.78, 5) is 10.0. The Balaban J connectivity index is 2.41. The van der Waals surface area contributed by atoms with Crippen LogP contribution in [0.2, 0.25) is 0 Å². The van der Waals surface area contributed by atoms with Crippen LogP contribution in [-0.4, -0.2) is 29.1 Å². The van der Waals surface area contributed by atoms with Crippen LogP contribution in [0.5, 0.6) is 0 Å². The lowest BCUT2D eigenvalue weighted by atomic mass is 10.2. The Hall–Kier alpha value is -0.410. The summed E-state index contributed by atoms with van der Waals surface area (Å²) in [5, 5.41) is 9.88. The van der Waals surface area contributed by atoms with Gasteiger partial charge in [-0.2, -0.15) is 5.06 Å². The second kappa shape index (κ2) is 2.24.